The zero-order valence-corrected chi connectivity index (χ0v) is 12.8. The number of carbonyl (C=O) groups excluding carboxylic acids is 1. The van der Waals surface area contributed by atoms with Gasteiger partial charge < -0.3 is 15.0 Å². The number of carbonyl (C=O) groups is 1. The van der Waals surface area contributed by atoms with Crippen molar-refractivity contribution in [2.24, 2.45) is 0 Å². The van der Waals surface area contributed by atoms with Gasteiger partial charge in [-0.1, -0.05) is 6.92 Å². The molecular weight excluding hydrogens is 285 g/mol. The fraction of sp³-hybridized carbons (Fsp3) is 0.929. The summed E-state index contributed by atoms with van der Waals surface area (Å²) in [6.07, 6.45) is -2.05. The van der Waals surface area contributed by atoms with Crippen molar-refractivity contribution >= 4 is 5.91 Å². The molecule has 1 atom stereocenters. The van der Waals surface area contributed by atoms with E-state index in [1.807, 2.05) is 13.8 Å². The molecule has 0 radical (unpaired) electrons. The quantitative estimate of drug-likeness (QED) is 0.700. The van der Waals surface area contributed by atoms with Crippen molar-refractivity contribution in [2.45, 2.75) is 51.2 Å². The van der Waals surface area contributed by atoms with E-state index in [2.05, 4.69) is 5.32 Å². The van der Waals surface area contributed by atoms with Gasteiger partial charge in [0.15, 0.2) is 0 Å². The summed E-state index contributed by atoms with van der Waals surface area (Å²) < 4.78 is 43.3. The topological polar surface area (TPSA) is 41.6 Å². The number of halogens is 3. The molecule has 1 saturated heterocycles. The predicted molar refractivity (Wildman–Crippen MR) is 74.0 cm³/mol. The first-order valence-electron chi connectivity index (χ1n) is 7.53. The van der Waals surface area contributed by atoms with Gasteiger partial charge in [-0.2, -0.15) is 13.2 Å². The van der Waals surface area contributed by atoms with Crippen LogP contribution < -0.4 is 5.32 Å². The van der Waals surface area contributed by atoms with E-state index in [9.17, 15) is 18.0 Å². The number of hydrogen-bond acceptors (Lipinski definition) is 3. The number of ether oxygens (including phenoxy) is 1. The maximum absolute atomic E-state index is 12.7. The standard InChI is InChI=1S/C14H25F3N2O2/c1-3-13(7-5-8-18-13)12(20)19(11-14(15,16)17)9-6-10-21-4-2/h18H,3-11H2,1-2H3. The SMILES string of the molecule is CCOCCCN(CC(F)(F)F)C(=O)C1(CC)CCCN1. The fourth-order valence-corrected chi connectivity index (χ4v) is 2.72. The van der Waals surface area contributed by atoms with Gasteiger partial charge in [0.1, 0.15) is 6.54 Å². The van der Waals surface area contributed by atoms with Crippen molar-refractivity contribution in [3.8, 4) is 0 Å². The highest BCUT2D eigenvalue weighted by Gasteiger charge is 2.44. The summed E-state index contributed by atoms with van der Waals surface area (Å²) >= 11 is 0. The van der Waals surface area contributed by atoms with E-state index >= 15 is 0 Å². The molecule has 1 aliphatic rings. The molecule has 124 valence electrons. The Bertz CT molecular complexity index is 329. The zero-order valence-electron chi connectivity index (χ0n) is 12.8. The molecule has 0 aromatic rings. The third-order valence-electron chi connectivity index (χ3n) is 3.83. The first-order valence-corrected chi connectivity index (χ1v) is 7.53. The van der Waals surface area contributed by atoms with Crippen LogP contribution in [0.15, 0.2) is 0 Å². The molecule has 1 rings (SSSR count). The number of rotatable bonds is 8. The molecule has 1 amide bonds. The Labute approximate surface area is 124 Å². The van der Waals surface area contributed by atoms with Crippen LogP contribution in [-0.2, 0) is 9.53 Å². The largest absolute Gasteiger partial charge is 0.406 e. The average molecular weight is 310 g/mol. The van der Waals surface area contributed by atoms with Crippen LogP contribution in [0.4, 0.5) is 13.2 Å². The maximum Gasteiger partial charge on any atom is 0.406 e. The Morgan fingerprint density at radius 3 is 2.57 bits per heavy atom. The molecule has 0 saturated carbocycles. The Morgan fingerprint density at radius 2 is 2.10 bits per heavy atom. The molecular formula is C14H25F3N2O2. The van der Waals surface area contributed by atoms with Crippen LogP contribution >= 0.6 is 0 Å². The van der Waals surface area contributed by atoms with Gasteiger partial charge in [0.05, 0.1) is 5.54 Å². The fourth-order valence-electron chi connectivity index (χ4n) is 2.72. The maximum atomic E-state index is 12.7. The Hall–Kier alpha value is -0.820. The van der Waals surface area contributed by atoms with Gasteiger partial charge in [0.25, 0.3) is 0 Å². The van der Waals surface area contributed by atoms with Crippen LogP contribution in [0.3, 0.4) is 0 Å². The summed E-state index contributed by atoms with van der Waals surface area (Å²) in [4.78, 5) is 13.5. The third-order valence-corrected chi connectivity index (χ3v) is 3.83. The summed E-state index contributed by atoms with van der Waals surface area (Å²) in [5.74, 6) is -0.434. The summed E-state index contributed by atoms with van der Waals surface area (Å²) in [6, 6.07) is 0. The molecule has 0 aromatic carbocycles. The summed E-state index contributed by atoms with van der Waals surface area (Å²) in [7, 11) is 0. The monoisotopic (exact) mass is 310 g/mol. The lowest BCUT2D eigenvalue weighted by atomic mass is 9.92. The number of nitrogens with zero attached hydrogens (tertiary/aromatic N) is 1. The minimum absolute atomic E-state index is 0.0712. The van der Waals surface area contributed by atoms with Gasteiger partial charge in [-0.3, -0.25) is 4.79 Å². The Balaban J connectivity index is 2.71. The molecule has 1 aliphatic heterocycles. The molecule has 21 heavy (non-hydrogen) atoms. The van der Waals surface area contributed by atoms with E-state index in [4.69, 9.17) is 4.74 Å². The minimum Gasteiger partial charge on any atom is -0.382 e. The minimum atomic E-state index is -4.38. The predicted octanol–water partition coefficient (Wildman–Crippen LogP) is 2.34. The summed E-state index contributed by atoms with van der Waals surface area (Å²) in [6.45, 7) is 4.11. The van der Waals surface area contributed by atoms with E-state index < -0.39 is 24.2 Å². The first-order chi connectivity index (χ1) is 9.84. The second kappa shape index (κ2) is 7.98. The molecule has 1 unspecified atom stereocenters. The van der Waals surface area contributed by atoms with E-state index in [1.54, 1.807) is 0 Å². The van der Waals surface area contributed by atoms with Crippen LogP contribution in [0.25, 0.3) is 0 Å². The highest BCUT2D eigenvalue weighted by atomic mass is 19.4. The van der Waals surface area contributed by atoms with E-state index in [1.165, 1.54) is 0 Å². The third kappa shape index (κ3) is 5.47. The number of hydrogen-bond donors (Lipinski definition) is 1. The van der Waals surface area contributed by atoms with Crippen molar-refractivity contribution in [3.05, 3.63) is 0 Å². The average Bonchev–Trinajstić information content (AvgIpc) is 2.90. The van der Waals surface area contributed by atoms with Crippen LogP contribution in [-0.4, -0.2) is 55.4 Å². The van der Waals surface area contributed by atoms with Crippen molar-refractivity contribution in [1.82, 2.24) is 10.2 Å². The van der Waals surface area contributed by atoms with Crippen LogP contribution in [0.1, 0.15) is 39.5 Å². The lowest BCUT2D eigenvalue weighted by molar-refractivity contribution is -0.165. The summed E-state index contributed by atoms with van der Waals surface area (Å²) in [5.41, 5.74) is -0.823. The van der Waals surface area contributed by atoms with E-state index in [0.29, 0.717) is 39.0 Å². The molecule has 1 heterocycles. The highest BCUT2D eigenvalue weighted by molar-refractivity contribution is 5.86. The molecule has 0 aromatic heterocycles. The molecule has 0 spiro atoms. The molecule has 0 bridgehead atoms. The van der Waals surface area contributed by atoms with Gasteiger partial charge >= 0.3 is 6.18 Å². The van der Waals surface area contributed by atoms with Crippen molar-refractivity contribution in [1.29, 1.82) is 0 Å². The number of nitrogens with one attached hydrogen (secondary N) is 1. The highest BCUT2D eigenvalue weighted by Crippen LogP contribution is 2.27. The molecule has 1 fully saturated rings. The van der Waals surface area contributed by atoms with Gasteiger partial charge in [-0.15, -0.1) is 0 Å². The normalized spacial score (nSPS) is 22.5. The molecule has 0 aliphatic carbocycles. The van der Waals surface area contributed by atoms with Crippen LogP contribution in [0.5, 0.6) is 0 Å². The van der Waals surface area contributed by atoms with Crippen molar-refractivity contribution < 1.29 is 22.7 Å². The van der Waals surface area contributed by atoms with Gasteiger partial charge in [0.2, 0.25) is 5.91 Å². The molecule has 4 nitrogen and oxygen atoms in total. The smallest absolute Gasteiger partial charge is 0.382 e. The lowest BCUT2D eigenvalue weighted by Crippen LogP contribution is -2.56. The van der Waals surface area contributed by atoms with Gasteiger partial charge in [-0.25, -0.2) is 0 Å². The van der Waals surface area contributed by atoms with Gasteiger partial charge in [0, 0.05) is 19.8 Å². The van der Waals surface area contributed by atoms with Crippen LogP contribution in [0.2, 0.25) is 0 Å². The van der Waals surface area contributed by atoms with Crippen molar-refractivity contribution in [3.63, 3.8) is 0 Å². The van der Waals surface area contributed by atoms with Gasteiger partial charge in [-0.05, 0) is 39.2 Å². The first kappa shape index (κ1) is 18.2. The summed E-state index contributed by atoms with van der Waals surface area (Å²) in [5, 5.41) is 3.10. The number of amides is 1. The Kier molecular flexibility index (Phi) is 6.93. The van der Waals surface area contributed by atoms with E-state index in [-0.39, 0.29) is 6.54 Å². The van der Waals surface area contributed by atoms with Crippen LogP contribution in [0, 0.1) is 0 Å². The molecule has 1 N–H and O–H groups in total. The zero-order chi connectivity index (χ0) is 15.9. The second-order valence-electron chi connectivity index (χ2n) is 5.36. The number of alkyl halides is 3. The Morgan fingerprint density at radius 1 is 1.38 bits per heavy atom. The second-order valence-corrected chi connectivity index (χ2v) is 5.36. The van der Waals surface area contributed by atoms with Crippen molar-refractivity contribution in [2.75, 3.05) is 32.8 Å². The lowest BCUT2D eigenvalue weighted by Gasteiger charge is -2.34. The molecule has 7 heteroatoms. The van der Waals surface area contributed by atoms with E-state index in [0.717, 1.165) is 11.3 Å².